The second kappa shape index (κ2) is 8.63. The van der Waals surface area contributed by atoms with E-state index < -0.39 is 5.91 Å². The molecule has 8 heteroatoms. The molecule has 3 aromatic rings. The molecule has 1 aromatic carbocycles. The maximum Gasteiger partial charge on any atom is 0.255 e. The van der Waals surface area contributed by atoms with Crippen LogP contribution in [-0.4, -0.2) is 28.9 Å². The number of methoxy groups -OCH3 is 1. The number of nitrogens with zero attached hydrogens (tertiary/aromatic N) is 2. The molecule has 0 saturated heterocycles. The number of primary amides is 1. The molecule has 0 aliphatic heterocycles. The van der Waals surface area contributed by atoms with Gasteiger partial charge in [0.2, 0.25) is 5.91 Å². The highest BCUT2D eigenvalue weighted by molar-refractivity contribution is 6.04. The first-order valence-corrected chi connectivity index (χ1v) is 8.33. The van der Waals surface area contributed by atoms with E-state index in [4.69, 9.17) is 15.2 Å². The summed E-state index contributed by atoms with van der Waals surface area (Å²) >= 11 is 0. The van der Waals surface area contributed by atoms with E-state index in [1.54, 1.807) is 49.8 Å². The largest absolute Gasteiger partial charge is 0.496 e. The van der Waals surface area contributed by atoms with E-state index in [1.807, 2.05) is 0 Å². The zero-order valence-electron chi connectivity index (χ0n) is 15.1. The van der Waals surface area contributed by atoms with E-state index in [-0.39, 0.29) is 18.1 Å². The summed E-state index contributed by atoms with van der Waals surface area (Å²) in [6.45, 7) is 0.145. The molecule has 8 nitrogen and oxygen atoms in total. The fraction of sp³-hybridized carbons (Fsp3) is 0.100. The summed E-state index contributed by atoms with van der Waals surface area (Å²) in [6.07, 6.45) is 5.95. The Morgan fingerprint density at radius 1 is 1.04 bits per heavy atom. The third-order valence-corrected chi connectivity index (χ3v) is 3.87. The van der Waals surface area contributed by atoms with Crippen LogP contribution < -0.4 is 20.5 Å². The van der Waals surface area contributed by atoms with Crippen LogP contribution in [0.4, 0.5) is 5.69 Å². The van der Waals surface area contributed by atoms with E-state index in [9.17, 15) is 9.59 Å². The molecule has 28 heavy (non-hydrogen) atoms. The first kappa shape index (κ1) is 18.8. The predicted octanol–water partition coefficient (Wildman–Crippen LogP) is 2.42. The maximum absolute atomic E-state index is 12.3. The Hall–Kier alpha value is -3.94. The Labute approximate surface area is 161 Å². The van der Waals surface area contributed by atoms with Gasteiger partial charge < -0.3 is 20.5 Å². The van der Waals surface area contributed by atoms with Crippen molar-refractivity contribution in [3.8, 4) is 11.5 Å². The van der Waals surface area contributed by atoms with Gasteiger partial charge in [-0.3, -0.25) is 19.6 Å². The highest BCUT2D eigenvalue weighted by Gasteiger charge is 2.10. The fourth-order valence-corrected chi connectivity index (χ4v) is 2.47. The Morgan fingerprint density at radius 3 is 2.54 bits per heavy atom. The molecule has 0 unspecified atom stereocenters. The Kier molecular flexibility index (Phi) is 5.81. The van der Waals surface area contributed by atoms with Gasteiger partial charge in [0.1, 0.15) is 18.1 Å². The van der Waals surface area contributed by atoms with E-state index in [1.165, 1.54) is 18.5 Å². The summed E-state index contributed by atoms with van der Waals surface area (Å²) in [6, 6.07) is 9.99. The standard InChI is InChI=1S/C20H18N4O4/c1-27-18-3-2-16(24-20(26)13-4-6-22-7-5-13)8-15(18)12-28-17-9-14(19(21)25)10-23-11-17/h2-11H,12H2,1H3,(H2,21,25)(H,24,26). The van der Waals surface area contributed by atoms with Crippen molar-refractivity contribution in [2.75, 3.05) is 12.4 Å². The molecule has 0 fully saturated rings. The van der Waals surface area contributed by atoms with Gasteiger partial charge in [-0.2, -0.15) is 0 Å². The van der Waals surface area contributed by atoms with Crippen LogP contribution in [0.25, 0.3) is 0 Å². The van der Waals surface area contributed by atoms with E-state index in [2.05, 4.69) is 15.3 Å². The second-order valence-corrected chi connectivity index (χ2v) is 5.78. The molecule has 0 aliphatic carbocycles. The van der Waals surface area contributed by atoms with E-state index >= 15 is 0 Å². The molecule has 142 valence electrons. The topological polar surface area (TPSA) is 116 Å². The Bertz CT molecular complexity index is 993. The molecule has 0 atom stereocenters. The van der Waals surface area contributed by atoms with E-state index in [0.717, 1.165) is 0 Å². The van der Waals surface area contributed by atoms with Gasteiger partial charge in [-0.05, 0) is 36.4 Å². The first-order valence-electron chi connectivity index (χ1n) is 8.33. The predicted molar refractivity (Wildman–Crippen MR) is 102 cm³/mol. The molecule has 2 heterocycles. The van der Waals surface area contributed by atoms with Crippen molar-refractivity contribution in [1.82, 2.24) is 9.97 Å². The Balaban J connectivity index is 1.75. The lowest BCUT2D eigenvalue weighted by atomic mass is 10.1. The molecule has 0 aliphatic rings. The van der Waals surface area contributed by atoms with Crippen molar-refractivity contribution in [2.24, 2.45) is 5.73 Å². The van der Waals surface area contributed by atoms with Crippen molar-refractivity contribution >= 4 is 17.5 Å². The number of carbonyl (C=O) groups is 2. The van der Waals surface area contributed by atoms with Crippen LogP contribution in [0.2, 0.25) is 0 Å². The smallest absolute Gasteiger partial charge is 0.255 e. The van der Waals surface area contributed by atoms with Gasteiger partial charge in [-0.15, -0.1) is 0 Å². The van der Waals surface area contributed by atoms with Gasteiger partial charge in [0.15, 0.2) is 0 Å². The number of ether oxygens (including phenoxy) is 2. The number of hydrogen-bond donors (Lipinski definition) is 2. The highest BCUT2D eigenvalue weighted by Crippen LogP contribution is 2.25. The highest BCUT2D eigenvalue weighted by atomic mass is 16.5. The van der Waals surface area contributed by atoms with Gasteiger partial charge >= 0.3 is 0 Å². The second-order valence-electron chi connectivity index (χ2n) is 5.78. The summed E-state index contributed by atoms with van der Waals surface area (Å²) in [5.41, 5.74) is 7.30. The number of aromatic nitrogens is 2. The molecular weight excluding hydrogens is 360 g/mol. The van der Waals surface area contributed by atoms with Gasteiger partial charge in [-0.25, -0.2) is 0 Å². The average Bonchev–Trinajstić information content (AvgIpc) is 2.73. The lowest BCUT2D eigenvalue weighted by molar-refractivity contribution is 0.0997. The van der Waals surface area contributed by atoms with Crippen molar-refractivity contribution in [2.45, 2.75) is 6.61 Å². The molecule has 0 radical (unpaired) electrons. The number of amides is 2. The van der Waals surface area contributed by atoms with Crippen molar-refractivity contribution < 1.29 is 19.1 Å². The van der Waals surface area contributed by atoms with Gasteiger partial charge in [0.05, 0.1) is 18.9 Å². The van der Waals surface area contributed by atoms with Crippen molar-refractivity contribution in [1.29, 1.82) is 0 Å². The zero-order chi connectivity index (χ0) is 19.9. The number of nitrogens with one attached hydrogen (secondary N) is 1. The SMILES string of the molecule is COc1ccc(NC(=O)c2ccncc2)cc1COc1cncc(C(N)=O)c1. The molecule has 3 N–H and O–H groups in total. The maximum atomic E-state index is 12.3. The van der Waals surface area contributed by atoms with Crippen LogP contribution in [0.15, 0.2) is 61.2 Å². The molecule has 2 aromatic heterocycles. The van der Waals surface area contributed by atoms with Gasteiger partial charge in [-0.1, -0.05) is 0 Å². The molecule has 0 saturated carbocycles. The normalized spacial score (nSPS) is 10.2. The third kappa shape index (κ3) is 4.61. The number of nitrogens with two attached hydrogens (primary N) is 1. The quantitative estimate of drug-likeness (QED) is 0.652. The van der Waals surface area contributed by atoms with Crippen molar-refractivity contribution in [3.05, 3.63) is 77.9 Å². The van der Waals surface area contributed by atoms with Crippen LogP contribution in [0.1, 0.15) is 26.3 Å². The lowest BCUT2D eigenvalue weighted by Crippen LogP contribution is -2.12. The molecule has 2 amide bonds. The van der Waals surface area contributed by atoms with Crippen LogP contribution in [-0.2, 0) is 6.61 Å². The molecule has 3 rings (SSSR count). The van der Waals surface area contributed by atoms with Gasteiger partial charge in [0.25, 0.3) is 5.91 Å². The van der Waals surface area contributed by atoms with Crippen LogP contribution in [0.5, 0.6) is 11.5 Å². The summed E-state index contributed by atoms with van der Waals surface area (Å²) in [5, 5.41) is 2.82. The summed E-state index contributed by atoms with van der Waals surface area (Å²) in [7, 11) is 1.54. The Morgan fingerprint density at radius 2 is 1.82 bits per heavy atom. The monoisotopic (exact) mass is 378 g/mol. The fourth-order valence-electron chi connectivity index (χ4n) is 2.47. The minimum Gasteiger partial charge on any atom is -0.496 e. The zero-order valence-corrected chi connectivity index (χ0v) is 15.1. The minimum absolute atomic E-state index is 0.145. The number of benzene rings is 1. The minimum atomic E-state index is -0.587. The summed E-state index contributed by atoms with van der Waals surface area (Å²) in [5.74, 6) is 0.152. The number of carbonyl (C=O) groups excluding carboxylic acids is 2. The third-order valence-electron chi connectivity index (χ3n) is 3.87. The van der Waals surface area contributed by atoms with Crippen LogP contribution in [0.3, 0.4) is 0 Å². The average molecular weight is 378 g/mol. The first-order chi connectivity index (χ1) is 13.6. The van der Waals surface area contributed by atoms with Crippen LogP contribution in [0, 0.1) is 0 Å². The summed E-state index contributed by atoms with van der Waals surface area (Å²) < 4.78 is 11.0. The van der Waals surface area contributed by atoms with Gasteiger partial charge in [0, 0.05) is 35.4 Å². The van der Waals surface area contributed by atoms with Crippen LogP contribution >= 0.6 is 0 Å². The van der Waals surface area contributed by atoms with Crippen molar-refractivity contribution in [3.63, 3.8) is 0 Å². The van der Waals surface area contributed by atoms with E-state index in [0.29, 0.717) is 28.3 Å². The number of anilines is 1. The molecule has 0 spiro atoms. The summed E-state index contributed by atoms with van der Waals surface area (Å²) in [4.78, 5) is 31.4. The number of rotatable bonds is 7. The lowest BCUT2D eigenvalue weighted by Gasteiger charge is -2.13. The number of pyridine rings is 2. The molecule has 0 bridgehead atoms. The molecular formula is C20H18N4O4. The number of hydrogen-bond acceptors (Lipinski definition) is 6.